The quantitative estimate of drug-likeness (QED) is 0.591. The minimum atomic E-state index is -3.40. The van der Waals surface area contributed by atoms with Gasteiger partial charge in [0, 0.05) is 9.41 Å². The molecule has 0 N–H and O–H groups in total. The van der Waals surface area contributed by atoms with E-state index in [-0.39, 0.29) is 0 Å². The molecule has 6 heteroatoms. The standard InChI is InChI=1S/Cl2H2O2P2/c1-6(2,3)4-5/h5H2/i5D. The first-order chi connectivity index (χ1) is 3.06. The molecule has 0 saturated heterocycles. The molecule has 0 aliphatic rings. The van der Waals surface area contributed by atoms with Crippen molar-refractivity contribution >= 4 is 38.0 Å². The number of halogens is 2. The molecular formula is H2Cl2O2P2. The maximum Gasteiger partial charge on any atom is 0.382 e. The molecule has 0 rings (SSSR count). The zero-order valence-corrected chi connectivity index (χ0v) is 5.93. The third-order valence-corrected chi connectivity index (χ3v) is 2.20. The number of hydrogen-bond acceptors (Lipinski definition) is 2. The second-order valence-corrected chi connectivity index (χ2v) is 5.25. The summed E-state index contributed by atoms with van der Waals surface area (Å²) in [6.07, 6.45) is -3.40. The van der Waals surface area contributed by atoms with Crippen LogP contribution in [-0.4, -0.2) is 1.28 Å². The molecule has 0 aromatic carbocycles. The molecule has 0 radical (unpaired) electrons. The van der Waals surface area contributed by atoms with Crippen LogP contribution in [0.2, 0.25) is 0 Å². The van der Waals surface area contributed by atoms with Crippen LogP contribution in [0.15, 0.2) is 0 Å². The van der Waals surface area contributed by atoms with Crippen LogP contribution in [0.3, 0.4) is 0 Å². The van der Waals surface area contributed by atoms with E-state index in [1.807, 2.05) is 0 Å². The van der Waals surface area contributed by atoms with Crippen molar-refractivity contribution in [1.29, 1.82) is 1.28 Å². The van der Waals surface area contributed by atoms with Gasteiger partial charge in [-0.25, -0.2) is 0 Å². The summed E-state index contributed by atoms with van der Waals surface area (Å²) in [5.74, 6) is 0. The van der Waals surface area contributed by atoms with E-state index in [2.05, 4.69) is 4.31 Å². The lowest BCUT2D eigenvalue weighted by atomic mass is 15.8. The van der Waals surface area contributed by atoms with Gasteiger partial charge in [-0.05, 0) is 22.5 Å². The summed E-state index contributed by atoms with van der Waals surface area (Å²) in [5, 5.41) is 0. The van der Waals surface area contributed by atoms with Gasteiger partial charge >= 0.3 is 6.07 Å². The average Bonchev–Trinajstić information content (AvgIpc) is 1.30. The van der Waals surface area contributed by atoms with Gasteiger partial charge in [0.2, 0.25) is 0 Å². The lowest BCUT2D eigenvalue weighted by Crippen LogP contribution is -1.47. The molecule has 0 saturated carbocycles. The van der Waals surface area contributed by atoms with Crippen LogP contribution in [0.25, 0.3) is 0 Å². The SMILES string of the molecule is [2H]POP(=O)(Cl)Cl. The van der Waals surface area contributed by atoms with Gasteiger partial charge in [-0.15, -0.1) is 0 Å². The van der Waals surface area contributed by atoms with E-state index in [4.69, 9.17) is 23.8 Å². The van der Waals surface area contributed by atoms with Gasteiger partial charge < -0.3 is 0 Å². The fourth-order valence-electron chi connectivity index (χ4n) is 0. The summed E-state index contributed by atoms with van der Waals surface area (Å²) in [6, 6.07) is 0. The lowest BCUT2D eigenvalue weighted by molar-refractivity contribution is 0.541. The molecular weight excluding hydrogens is 165 g/mol. The molecule has 0 spiro atoms. The van der Waals surface area contributed by atoms with Crippen LogP contribution in [0.4, 0.5) is 0 Å². The summed E-state index contributed by atoms with van der Waals surface area (Å²) in [4.78, 5) is 0. The van der Waals surface area contributed by atoms with Gasteiger partial charge in [0.1, 0.15) is 0 Å². The van der Waals surface area contributed by atoms with Crippen molar-refractivity contribution in [2.24, 2.45) is 0 Å². The largest absolute Gasteiger partial charge is 0.382 e. The second kappa shape index (κ2) is 2.49. The van der Waals surface area contributed by atoms with Crippen molar-refractivity contribution in [3.63, 3.8) is 0 Å². The summed E-state index contributed by atoms with van der Waals surface area (Å²) < 4.78 is 20.3. The maximum absolute atomic E-state index is 10.0. The van der Waals surface area contributed by atoms with Gasteiger partial charge in [0.05, 0.1) is 1.28 Å². The monoisotopic (exact) mass is 167 g/mol. The molecule has 0 aliphatic heterocycles. The Morgan fingerprint density at radius 3 is 2.50 bits per heavy atom. The molecule has 0 aromatic heterocycles. The highest BCUT2D eigenvalue weighted by molar-refractivity contribution is 8.06. The van der Waals surface area contributed by atoms with Crippen molar-refractivity contribution in [3.8, 4) is 0 Å². The fourth-order valence-corrected chi connectivity index (χ4v) is 0. The highest BCUT2D eigenvalue weighted by Crippen LogP contribution is 2.59. The van der Waals surface area contributed by atoms with E-state index in [0.29, 0.717) is 0 Å². The predicted molar refractivity (Wildman–Crippen MR) is 30.1 cm³/mol. The Morgan fingerprint density at radius 1 is 2.00 bits per heavy atom. The highest BCUT2D eigenvalue weighted by Gasteiger charge is 2.08. The molecule has 0 heterocycles. The van der Waals surface area contributed by atoms with Gasteiger partial charge in [-0.3, -0.25) is 8.88 Å². The van der Waals surface area contributed by atoms with Crippen LogP contribution in [0.1, 0.15) is 0 Å². The molecule has 38 valence electrons. The van der Waals surface area contributed by atoms with E-state index in [9.17, 15) is 4.57 Å². The smallest absolute Gasteiger partial charge is 0.290 e. The molecule has 0 aromatic rings. The zero-order valence-electron chi connectivity index (χ0n) is 3.52. The minimum absolute atomic E-state index is 0.668. The highest BCUT2D eigenvalue weighted by atomic mass is 35.9. The first kappa shape index (κ1) is 5.34. The summed E-state index contributed by atoms with van der Waals surface area (Å²) >= 11 is 9.64. The topological polar surface area (TPSA) is 26.3 Å². The maximum atomic E-state index is 10.0. The number of rotatable bonds is 2. The second-order valence-electron chi connectivity index (χ2n) is 0.506. The number of hydrogen-bond donors (Lipinski definition) is 0. The van der Waals surface area contributed by atoms with Crippen LogP contribution >= 0.6 is 38.0 Å². The van der Waals surface area contributed by atoms with Crippen LogP contribution in [0.5, 0.6) is 0 Å². The van der Waals surface area contributed by atoms with E-state index in [1.54, 1.807) is 0 Å². The molecule has 1 atom stereocenters. The minimum Gasteiger partial charge on any atom is -0.290 e. The first-order valence-corrected chi connectivity index (χ1v) is 4.75. The van der Waals surface area contributed by atoms with Crippen LogP contribution < -0.4 is 0 Å². The average molecular weight is 168 g/mol. The molecule has 2 nitrogen and oxygen atoms in total. The molecule has 1 unspecified atom stereocenters. The Hall–Kier alpha value is 1.20. The lowest BCUT2D eigenvalue weighted by Gasteiger charge is -1.90. The summed E-state index contributed by atoms with van der Waals surface area (Å²) in [7, 11) is -0.668. The normalized spacial score (nSPS) is 16.0. The van der Waals surface area contributed by atoms with E-state index in [0.717, 1.165) is 0 Å². The van der Waals surface area contributed by atoms with E-state index in [1.165, 1.54) is 0 Å². The van der Waals surface area contributed by atoms with Gasteiger partial charge in [0.25, 0.3) is 0 Å². The van der Waals surface area contributed by atoms with Gasteiger partial charge in [0.15, 0.2) is 0 Å². The molecule has 0 fully saturated rings. The van der Waals surface area contributed by atoms with Crippen molar-refractivity contribution < 1.29 is 8.88 Å². The Morgan fingerprint density at radius 2 is 2.50 bits per heavy atom. The van der Waals surface area contributed by atoms with Crippen molar-refractivity contribution in [1.82, 2.24) is 0 Å². The van der Waals surface area contributed by atoms with E-state index >= 15 is 0 Å². The molecule has 0 aliphatic carbocycles. The Bertz CT molecular complexity index is 87.7. The summed E-state index contributed by atoms with van der Waals surface area (Å²) in [5.41, 5.74) is 0. The molecule has 0 bridgehead atoms. The van der Waals surface area contributed by atoms with Crippen molar-refractivity contribution in [2.75, 3.05) is 0 Å². The Balaban J connectivity index is 3.36. The Labute approximate surface area is 48.8 Å². The van der Waals surface area contributed by atoms with E-state index < -0.39 is 15.5 Å². The molecule has 0 amide bonds. The molecule has 6 heavy (non-hydrogen) atoms. The third-order valence-electron chi connectivity index (χ3n) is 0.106. The van der Waals surface area contributed by atoms with Crippen molar-refractivity contribution in [3.05, 3.63) is 0 Å². The van der Waals surface area contributed by atoms with Crippen molar-refractivity contribution in [2.45, 2.75) is 0 Å². The van der Waals surface area contributed by atoms with Gasteiger partial charge in [-0.2, -0.15) is 0 Å². The van der Waals surface area contributed by atoms with Crippen LogP contribution in [-0.2, 0) is 8.88 Å². The fraction of sp³-hybridized carbons (Fsp3) is 0. The first-order valence-electron chi connectivity index (χ1n) is 1.41. The van der Waals surface area contributed by atoms with Crippen LogP contribution in [0, 0.1) is 0 Å². The van der Waals surface area contributed by atoms with Gasteiger partial charge in [-0.1, -0.05) is 0 Å². The predicted octanol–water partition coefficient (Wildman–Crippen LogP) is 2.38. The Kier molecular flexibility index (Phi) is 2.22. The zero-order chi connectivity index (χ0) is 5.91. The summed E-state index contributed by atoms with van der Waals surface area (Å²) in [6.45, 7) is 0. The third kappa shape index (κ3) is 5.20.